The highest BCUT2D eigenvalue weighted by molar-refractivity contribution is 14.1. The normalized spacial score (nSPS) is 8.71. The second kappa shape index (κ2) is 4.36. The molecule has 0 aromatic heterocycles. The summed E-state index contributed by atoms with van der Waals surface area (Å²) in [7, 11) is 0. The minimum absolute atomic E-state index is 0.198. The van der Waals surface area contributed by atoms with Crippen LogP contribution in [0.25, 0.3) is 0 Å². The zero-order valence-corrected chi connectivity index (χ0v) is 6.14. The van der Waals surface area contributed by atoms with Crippen molar-refractivity contribution in [2.45, 2.75) is 12.8 Å². The highest BCUT2D eigenvalue weighted by atomic mass is 127. The highest BCUT2D eigenvalue weighted by Crippen LogP contribution is 1.91. The number of rotatable bonds is 3. The van der Waals surface area contributed by atoms with E-state index in [9.17, 15) is 4.79 Å². The third kappa shape index (κ3) is 6.20. The van der Waals surface area contributed by atoms with Crippen LogP contribution in [-0.2, 0) is 4.79 Å². The number of alkyl halides is 1. The van der Waals surface area contributed by atoms with Crippen molar-refractivity contribution in [1.29, 1.82) is 0 Å². The first-order valence-electron chi connectivity index (χ1n) is 2.11. The zero-order chi connectivity index (χ0) is 5.70. The van der Waals surface area contributed by atoms with Gasteiger partial charge in [0.05, 0.1) is 0 Å². The molecule has 0 aliphatic carbocycles. The monoisotopic (exact) mass is 213 g/mol. The number of carbonyl (C=O) groups is 1. The van der Waals surface area contributed by atoms with Crippen LogP contribution in [0.4, 0.5) is 0 Å². The topological polar surface area (TPSA) is 43.1 Å². The van der Waals surface area contributed by atoms with E-state index in [1.165, 1.54) is 0 Å². The number of hydrogen-bond donors (Lipinski definition) is 1. The van der Waals surface area contributed by atoms with Gasteiger partial charge in [0, 0.05) is 10.8 Å². The highest BCUT2D eigenvalue weighted by Gasteiger charge is 1.88. The Morgan fingerprint density at radius 2 is 2.29 bits per heavy atom. The second-order valence-corrected chi connectivity index (χ2v) is 2.34. The lowest BCUT2D eigenvalue weighted by atomic mass is 10.3. The summed E-state index contributed by atoms with van der Waals surface area (Å²) >= 11 is 2.21. The average molecular weight is 213 g/mol. The fraction of sp³-hybridized carbons (Fsp3) is 0.750. The molecule has 1 amide bonds. The van der Waals surface area contributed by atoms with Crippen LogP contribution < -0.4 is 5.73 Å². The van der Waals surface area contributed by atoms with Gasteiger partial charge >= 0.3 is 0 Å². The fourth-order valence-corrected chi connectivity index (χ4v) is 0.622. The Balaban J connectivity index is 2.82. The Labute approximate surface area is 56.6 Å². The Bertz CT molecular complexity index is 64.7. The summed E-state index contributed by atoms with van der Waals surface area (Å²) in [4.78, 5) is 9.98. The molecule has 0 radical (unpaired) electrons. The number of nitrogens with two attached hydrogens (primary N) is 1. The van der Waals surface area contributed by atoms with Crippen molar-refractivity contribution in [1.82, 2.24) is 0 Å². The summed E-state index contributed by atoms with van der Waals surface area (Å²) < 4.78 is 1.01. The maximum Gasteiger partial charge on any atom is 0.217 e. The molecule has 0 heterocycles. The third-order valence-corrected chi connectivity index (χ3v) is 1.32. The third-order valence-electron chi connectivity index (χ3n) is 0.557. The molecule has 7 heavy (non-hydrogen) atoms. The molecule has 3 heteroatoms. The van der Waals surface area contributed by atoms with Crippen LogP contribution in [0, 0.1) is 0 Å². The average Bonchev–Trinajstić information content (AvgIpc) is 1.61. The quantitative estimate of drug-likeness (QED) is 0.543. The van der Waals surface area contributed by atoms with Gasteiger partial charge in [0.15, 0.2) is 0 Å². The van der Waals surface area contributed by atoms with E-state index in [4.69, 9.17) is 5.73 Å². The van der Waals surface area contributed by atoms with Crippen LogP contribution >= 0.6 is 22.6 Å². The van der Waals surface area contributed by atoms with E-state index in [0.29, 0.717) is 6.42 Å². The smallest absolute Gasteiger partial charge is 0.217 e. The first-order chi connectivity index (χ1) is 3.27. The Morgan fingerprint density at radius 3 is 2.43 bits per heavy atom. The fourth-order valence-electron chi connectivity index (χ4n) is 0.241. The maximum atomic E-state index is 9.98. The molecular formula is C4H8INO. The van der Waals surface area contributed by atoms with Gasteiger partial charge in [-0.3, -0.25) is 4.79 Å². The van der Waals surface area contributed by atoms with Gasteiger partial charge in [-0.2, -0.15) is 0 Å². The Kier molecular flexibility index (Phi) is 4.49. The largest absolute Gasteiger partial charge is 0.370 e. The minimum atomic E-state index is -0.198. The molecule has 0 aromatic rings. The number of carbonyl (C=O) groups excluding carboxylic acids is 1. The van der Waals surface area contributed by atoms with Gasteiger partial charge in [-0.05, 0) is 6.42 Å². The molecule has 0 aliphatic heterocycles. The number of amides is 1. The Hall–Kier alpha value is 0.200. The van der Waals surface area contributed by atoms with Gasteiger partial charge in [-0.15, -0.1) is 0 Å². The van der Waals surface area contributed by atoms with E-state index < -0.39 is 0 Å². The molecule has 0 aliphatic rings. The minimum Gasteiger partial charge on any atom is -0.370 e. The SMILES string of the molecule is NC(=O)CCCI. The van der Waals surface area contributed by atoms with Crippen LogP contribution in [0.15, 0.2) is 0 Å². The predicted octanol–water partition coefficient (Wildman–Crippen LogP) is 0.687. The molecule has 0 bridgehead atoms. The van der Waals surface area contributed by atoms with Crippen LogP contribution in [0.5, 0.6) is 0 Å². The molecule has 0 rings (SSSR count). The molecular weight excluding hydrogens is 205 g/mol. The van der Waals surface area contributed by atoms with Crippen molar-refractivity contribution in [2.24, 2.45) is 5.73 Å². The van der Waals surface area contributed by atoms with Crippen molar-refractivity contribution in [3.05, 3.63) is 0 Å². The van der Waals surface area contributed by atoms with Crippen LogP contribution in [0.1, 0.15) is 12.8 Å². The van der Waals surface area contributed by atoms with E-state index in [2.05, 4.69) is 22.6 Å². The van der Waals surface area contributed by atoms with E-state index in [1.807, 2.05) is 0 Å². The van der Waals surface area contributed by atoms with Crippen molar-refractivity contribution >= 4 is 28.5 Å². The summed E-state index contributed by atoms with van der Waals surface area (Å²) in [5.41, 5.74) is 4.84. The summed E-state index contributed by atoms with van der Waals surface area (Å²) in [5.74, 6) is -0.198. The molecule has 0 spiro atoms. The van der Waals surface area contributed by atoms with Crippen molar-refractivity contribution in [3.63, 3.8) is 0 Å². The number of halogens is 1. The van der Waals surface area contributed by atoms with Crippen LogP contribution in [0.3, 0.4) is 0 Å². The van der Waals surface area contributed by atoms with Gasteiger partial charge in [-0.1, -0.05) is 22.6 Å². The molecule has 42 valence electrons. The molecule has 0 aromatic carbocycles. The zero-order valence-electron chi connectivity index (χ0n) is 3.98. The van der Waals surface area contributed by atoms with Gasteiger partial charge < -0.3 is 5.73 Å². The van der Waals surface area contributed by atoms with Crippen LogP contribution in [-0.4, -0.2) is 10.3 Å². The lowest BCUT2D eigenvalue weighted by molar-refractivity contribution is -0.118. The summed E-state index contributed by atoms with van der Waals surface area (Å²) in [5, 5.41) is 0. The van der Waals surface area contributed by atoms with Gasteiger partial charge in [0.2, 0.25) is 5.91 Å². The first-order valence-corrected chi connectivity index (χ1v) is 3.64. The standard InChI is InChI=1S/C4H8INO/c5-3-1-2-4(6)7/h1-3H2,(H2,6,7). The van der Waals surface area contributed by atoms with E-state index in [1.54, 1.807) is 0 Å². The number of hydrogen-bond acceptors (Lipinski definition) is 1. The van der Waals surface area contributed by atoms with Gasteiger partial charge in [-0.25, -0.2) is 0 Å². The first kappa shape index (κ1) is 7.20. The molecule has 2 N–H and O–H groups in total. The second-order valence-electron chi connectivity index (χ2n) is 1.26. The lowest BCUT2D eigenvalue weighted by Crippen LogP contribution is -2.09. The predicted molar refractivity (Wildman–Crippen MR) is 37.3 cm³/mol. The molecule has 0 unspecified atom stereocenters. The van der Waals surface area contributed by atoms with E-state index in [0.717, 1.165) is 10.8 Å². The van der Waals surface area contributed by atoms with E-state index in [-0.39, 0.29) is 5.91 Å². The molecule has 0 saturated carbocycles. The van der Waals surface area contributed by atoms with Crippen molar-refractivity contribution < 1.29 is 4.79 Å². The molecule has 2 nitrogen and oxygen atoms in total. The van der Waals surface area contributed by atoms with Gasteiger partial charge in [0.25, 0.3) is 0 Å². The van der Waals surface area contributed by atoms with Gasteiger partial charge in [0.1, 0.15) is 0 Å². The molecule has 0 atom stereocenters. The molecule has 0 saturated heterocycles. The summed E-state index contributed by atoms with van der Waals surface area (Å²) in [6, 6.07) is 0. The maximum absolute atomic E-state index is 9.98. The summed E-state index contributed by atoms with van der Waals surface area (Å²) in [6.07, 6.45) is 1.44. The van der Waals surface area contributed by atoms with Crippen molar-refractivity contribution in [2.75, 3.05) is 4.43 Å². The van der Waals surface area contributed by atoms with Crippen molar-refractivity contribution in [3.8, 4) is 0 Å². The lowest BCUT2D eigenvalue weighted by Gasteiger charge is -1.85. The summed E-state index contributed by atoms with van der Waals surface area (Å²) in [6.45, 7) is 0. The van der Waals surface area contributed by atoms with E-state index >= 15 is 0 Å². The van der Waals surface area contributed by atoms with Crippen LogP contribution in [0.2, 0.25) is 0 Å². The Morgan fingerprint density at radius 1 is 1.71 bits per heavy atom. The number of primary amides is 1. The molecule has 0 fully saturated rings.